The van der Waals surface area contributed by atoms with Crippen LogP contribution in [-0.4, -0.2) is 39.8 Å². The molecule has 0 spiro atoms. The monoisotopic (exact) mass is 433 g/mol. The molecule has 7 nitrogen and oxygen atoms in total. The molecule has 30 heavy (non-hydrogen) atoms. The van der Waals surface area contributed by atoms with E-state index < -0.39 is 23.2 Å². The molecule has 1 fully saturated rings. The summed E-state index contributed by atoms with van der Waals surface area (Å²) in [4.78, 5) is 26.1. The standard InChI is InChI=1S/C22H24ClNO6/c1-5-30-21(26)22(20(25)24-16-9-7-6-8-15(16)23)12-14(22)13-10-17(27-2)19(29-4)18(11-13)28-3/h6-11,14H,5,12H2,1-4H3,(H,24,25)/t14-,22-/m1/s1. The third-order valence-electron chi connectivity index (χ3n) is 5.22. The molecule has 1 N–H and O–H groups in total. The molecule has 1 aliphatic rings. The van der Waals surface area contributed by atoms with Gasteiger partial charge in [-0.3, -0.25) is 9.59 Å². The van der Waals surface area contributed by atoms with Gasteiger partial charge in [0.05, 0.1) is 38.6 Å². The molecule has 0 bridgehead atoms. The fourth-order valence-corrected chi connectivity index (χ4v) is 3.78. The number of rotatable bonds is 8. The third-order valence-corrected chi connectivity index (χ3v) is 5.55. The van der Waals surface area contributed by atoms with Crippen LogP contribution in [0.1, 0.15) is 24.8 Å². The smallest absolute Gasteiger partial charge is 0.322 e. The van der Waals surface area contributed by atoms with Gasteiger partial charge in [0.1, 0.15) is 0 Å². The van der Waals surface area contributed by atoms with Crippen LogP contribution >= 0.6 is 11.6 Å². The second-order valence-electron chi connectivity index (χ2n) is 6.84. The van der Waals surface area contributed by atoms with Gasteiger partial charge in [-0.15, -0.1) is 0 Å². The van der Waals surface area contributed by atoms with E-state index in [-0.39, 0.29) is 6.61 Å². The Labute approximate surface area is 180 Å². The number of esters is 1. The van der Waals surface area contributed by atoms with Crippen molar-refractivity contribution in [3.05, 3.63) is 47.0 Å². The largest absolute Gasteiger partial charge is 0.493 e. The van der Waals surface area contributed by atoms with E-state index >= 15 is 0 Å². The lowest BCUT2D eigenvalue weighted by Gasteiger charge is -2.18. The summed E-state index contributed by atoms with van der Waals surface area (Å²) in [6.07, 6.45) is 0.292. The van der Waals surface area contributed by atoms with Gasteiger partial charge in [-0.2, -0.15) is 0 Å². The SMILES string of the molecule is CCOC(=O)[C@]1(C(=O)Nc2ccccc2Cl)C[C@@H]1c1cc(OC)c(OC)c(OC)c1. The van der Waals surface area contributed by atoms with Crippen LogP contribution in [0.25, 0.3) is 0 Å². The Hall–Kier alpha value is -2.93. The van der Waals surface area contributed by atoms with Gasteiger partial charge in [-0.25, -0.2) is 0 Å². The van der Waals surface area contributed by atoms with Crippen molar-refractivity contribution in [2.45, 2.75) is 19.3 Å². The van der Waals surface area contributed by atoms with Gasteiger partial charge in [0.15, 0.2) is 16.9 Å². The maximum absolute atomic E-state index is 13.2. The average molecular weight is 434 g/mol. The van der Waals surface area contributed by atoms with Crippen molar-refractivity contribution in [1.82, 2.24) is 0 Å². The first-order valence-corrected chi connectivity index (χ1v) is 9.83. The summed E-state index contributed by atoms with van der Waals surface area (Å²) in [6.45, 7) is 1.87. The minimum absolute atomic E-state index is 0.169. The third kappa shape index (κ3) is 3.77. The van der Waals surface area contributed by atoms with E-state index in [2.05, 4.69) is 5.32 Å². The lowest BCUT2D eigenvalue weighted by molar-refractivity contribution is -0.153. The number of para-hydroxylation sites is 1. The molecule has 0 saturated heterocycles. The van der Waals surface area contributed by atoms with E-state index in [9.17, 15) is 9.59 Å². The van der Waals surface area contributed by atoms with Crippen LogP contribution in [0.2, 0.25) is 5.02 Å². The van der Waals surface area contributed by atoms with Gasteiger partial charge in [-0.05, 0) is 43.2 Å². The van der Waals surface area contributed by atoms with Crippen molar-refractivity contribution in [2.24, 2.45) is 5.41 Å². The zero-order chi connectivity index (χ0) is 21.9. The number of nitrogens with one attached hydrogen (secondary N) is 1. The van der Waals surface area contributed by atoms with Crippen molar-refractivity contribution < 1.29 is 28.5 Å². The van der Waals surface area contributed by atoms with Crippen molar-refractivity contribution >= 4 is 29.2 Å². The second-order valence-corrected chi connectivity index (χ2v) is 7.25. The number of hydrogen-bond donors (Lipinski definition) is 1. The predicted octanol–water partition coefficient (Wildman–Crippen LogP) is 4.04. The number of ether oxygens (including phenoxy) is 4. The highest BCUT2D eigenvalue weighted by Gasteiger charge is 2.67. The highest BCUT2D eigenvalue weighted by atomic mass is 35.5. The maximum Gasteiger partial charge on any atom is 0.322 e. The van der Waals surface area contributed by atoms with Gasteiger partial charge in [0.25, 0.3) is 0 Å². The summed E-state index contributed by atoms with van der Waals surface area (Å²) < 4.78 is 21.4. The average Bonchev–Trinajstić information content (AvgIpc) is 3.51. The number of methoxy groups -OCH3 is 3. The molecule has 0 radical (unpaired) electrons. The maximum atomic E-state index is 13.2. The van der Waals surface area contributed by atoms with Crippen LogP contribution in [-0.2, 0) is 14.3 Å². The molecule has 0 aromatic heterocycles. The van der Waals surface area contributed by atoms with E-state index in [0.717, 1.165) is 0 Å². The molecule has 0 aliphatic heterocycles. The van der Waals surface area contributed by atoms with E-state index in [1.165, 1.54) is 21.3 Å². The molecule has 3 rings (SSSR count). The Balaban J connectivity index is 1.99. The fourth-order valence-electron chi connectivity index (χ4n) is 3.59. The first-order valence-electron chi connectivity index (χ1n) is 9.46. The van der Waals surface area contributed by atoms with Gasteiger partial charge >= 0.3 is 5.97 Å². The topological polar surface area (TPSA) is 83.1 Å². The molecule has 8 heteroatoms. The van der Waals surface area contributed by atoms with Crippen LogP contribution in [0.3, 0.4) is 0 Å². The molecule has 0 unspecified atom stereocenters. The van der Waals surface area contributed by atoms with Gasteiger partial charge in [-0.1, -0.05) is 23.7 Å². The summed E-state index contributed by atoms with van der Waals surface area (Å²) in [5, 5.41) is 3.16. The number of benzene rings is 2. The van der Waals surface area contributed by atoms with E-state index in [0.29, 0.717) is 39.9 Å². The number of amides is 1. The summed E-state index contributed by atoms with van der Waals surface area (Å²) in [5.74, 6) is -0.119. The number of carbonyl (C=O) groups is 2. The summed E-state index contributed by atoms with van der Waals surface area (Å²) in [5.41, 5.74) is -0.213. The van der Waals surface area contributed by atoms with Gasteiger partial charge in [0.2, 0.25) is 11.7 Å². The van der Waals surface area contributed by atoms with E-state index in [1.807, 2.05) is 0 Å². The Morgan fingerprint density at radius 1 is 1.10 bits per heavy atom. The molecule has 0 heterocycles. The summed E-state index contributed by atoms with van der Waals surface area (Å²) >= 11 is 6.17. The highest BCUT2D eigenvalue weighted by molar-refractivity contribution is 6.34. The lowest BCUT2D eigenvalue weighted by atomic mass is 9.97. The minimum Gasteiger partial charge on any atom is -0.493 e. The van der Waals surface area contributed by atoms with Gasteiger partial charge in [0, 0.05) is 5.92 Å². The van der Waals surface area contributed by atoms with Gasteiger partial charge < -0.3 is 24.3 Å². The number of carbonyl (C=O) groups excluding carboxylic acids is 2. The first kappa shape index (κ1) is 21.8. The molecular weight excluding hydrogens is 410 g/mol. The molecule has 2 aromatic carbocycles. The second kappa shape index (κ2) is 8.83. The fraction of sp³-hybridized carbons (Fsp3) is 0.364. The zero-order valence-electron chi connectivity index (χ0n) is 17.3. The Morgan fingerprint density at radius 3 is 2.27 bits per heavy atom. The van der Waals surface area contributed by atoms with E-state index in [4.69, 9.17) is 30.5 Å². The van der Waals surface area contributed by atoms with E-state index in [1.54, 1.807) is 43.3 Å². The lowest BCUT2D eigenvalue weighted by Crippen LogP contribution is -2.34. The van der Waals surface area contributed by atoms with Crippen LogP contribution in [0.15, 0.2) is 36.4 Å². The summed E-state index contributed by atoms with van der Waals surface area (Å²) in [7, 11) is 4.53. The Morgan fingerprint density at radius 2 is 1.73 bits per heavy atom. The Kier molecular flexibility index (Phi) is 6.41. The molecular formula is C22H24ClNO6. The molecule has 1 amide bonds. The Bertz CT molecular complexity index is 937. The van der Waals surface area contributed by atoms with Crippen molar-refractivity contribution in [2.75, 3.05) is 33.3 Å². The number of anilines is 1. The quantitative estimate of drug-likeness (QED) is 0.499. The molecule has 1 aliphatic carbocycles. The first-order chi connectivity index (χ1) is 14.4. The molecule has 2 aromatic rings. The van der Waals surface area contributed by atoms with Crippen molar-refractivity contribution in [3.63, 3.8) is 0 Å². The van der Waals surface area contributed by atoms with Crippen LogP contribution < -0.4 is 19.5 Å². The number of hydrogen-bond acceptors (Lipinski definition) is 6. The summed E-state index contributed by atoms with van der Waals surface area (Å²) in [6, 6.07) is 10.3. The minimum atomic E-state index is -1.36. The normalized spacial score (nSPS) is 19.6. The van der Waals surface area contributed by atoms with Crippen molar-refractivity contribution in [1.29, 1.82) is 0 Å². The van der Waals surface area contributed by atoms with Crippen LogP contribution in [0.5, 0.6) is 17.2 Å². The van der Waals surface area contributed by atoms with Crippen molar-refractivity contribution in [3.8, 4) is 17.2 Å². The zero-order valence-corrected chi connectivity index (χ0v) is 18.0. The van der Waals surface area contributed by atoms with Crippen LogP contribution in [0.4, 0.5) is 5.69 Å². The molecule has 2 atom stereocenters. The molecule has 1 saturated carbocycles. The predicted molar refractivity (Wildman–Crippen MR) is 113 cm³/mol. The highest BCUT2D eigenvalue weighted by Crippen LogP contribution is 2.62. The van der Waals surface area contributed by atoms with Crippen LogP contribution in [0, 0.1) is 5.41 Å². The number of halogens is 1. The molecule has 160 valence electrons.